The van der Waals surface area contributed by atoms with Gasteiger partial charge in [-0.3, -0.25) is 9.59 Å². The Morgan fingerprint density at radius 1 is 1.32 bits per heavy atom. The highest BCUT2D eigenvalue weighted by Crippen LogP contribution is 2.22. The molecule has 0 fully saturated rings. The summed E-state index contributed by atoms with van der Waals surface area (Å²) in [5, 5.41) is 8.02. The molecule has 1 unspecified atom stereocenters. The van der Waals surface area contributed by atoms with Gasteiger partial charge in [0.1, 0.15) is 10.8 Å². The maximum Gasteiger partial charge on any atom is 0.271 e. The monoisotopic (exact) mass is 417 g/mol. The van der Waals surface area contributed by atoms with Gasteiger partial charge in [0.15, 0.2) is 0 Å². The fourth-order valence-electron chi connectivity index (χ4n) is 2.50. The van der Waals surface area contributed by atoms with Crippen LogP contribution in [0.2, 0.25) is 5.02 Å². The van der Waals surface area contributed by atoms with Gasteiger partial charge in [-0.15, -0.1) is 0 Å². The van der Waals surface area contributed by atoms with Gasteiger partial charge in [0.2, 0.25) is 5.91 Å². The molecule has 146 valence electrons. The second-order valence-corrected chi connectivity index (χ2v) is 8.00. The Morgan fingerprint density at radius 2 is 2.14 bits per heavy atom. The van der Waals surface area contributed by atoms with E-state index in [4.69, 9.17) is 16.0 Å². The number of furan rings is 1. The van der Waals surface area contributed by atoms with E-state index in [-0.39, 0.29) is 16.7 Å². The quantitative estimate of drug-likeness (QED) is 0.594. The summed E-state index contributed by atoms with van der Waals surface area (Å²) in [5.74, 6) is 0.723. The average molecular weight is 418 g/mol. The number of aryl methyl sites for hydroxylation is 1. The number of hydrogen-bond acceptors (Lipinski definition) is 5. The van der Waals surface area contributed by atoms with Crippen molar-refractivity contribution in [3.05, 3.63) is 75.4 Å². The predicted octanol–water partition coefficient (Wildman–Crippen LogP) is 3.63. The molecule has 1 aromatic carbocycles. The van der Waals surface area contributed by atoms with Crippen molar-refractivity contribution in [2.45, 2.75) is 30.5 Å². The van der Waals surface area contributed by atoms with Gasteiger partial charge in [0, 0.05) is 24.1 Å². The zero-order valence-corrected chi connectivity index (χ0v) is 17.1. The molecule has 0 saturated heterocycles. The van der Waals surface area contributed by atoms with E-state index in [9.17, 15) is 9.59 Å². The highest BCUT2D eigenvalue weighted by Gasteiger charge is 2.16. The molecule has 0 aliphatic rings. The summed E-state index contributed by atoms with van der Waals surface area (Å²) in [6, 6.07) is 12.1. The lowest BCUT2D eigenvalue weighted by Crippen LogP contribution is -2.32. The number of rotatable bonds is 7. The maximum atomic E-state index is 12.3. The first-order valence-electron chi connectivity index (χ1n) is 8.77. The summed E-state index contributed by atoms with van der Waals surface area (Å²) >= 11 is 7.44. The van der Waals surface area contributed by atoms with E-state index < -0.39 is 0 Å². The fourth-order valence-corrected chi connectivity index (χ4v) is 3.50. The van der Waals surface area contributed by atoms with E-state index in [1.807, 2.05) is 25.1 Å². The van der Waals surface area contributed by atoms with Crippen LogP contribution in [0.15, 0.2) is 63.0 Å². The summed E-state index contributed by atoms with van der Waals surface area (Å²) in [6.45, 7) is 4.18. The molecule has 1 atom stereocenters. The minimum atomic E-state index is -0.364. The predicted molar refractivity (Wildman–Crippen MR) is 110 cm³/mol. The van der Waals surface area contributed by atoms with Crippen LogP contribution in [-0.2, 0) is 11.2 Å². The lowest BCUT2D eigenvalue weighted by Gasteiger charge is -2.12. The Bertz CT molecular complexity index is 1020. The van der Waals surface area contributed by atoms with Crippen LogP contribution in [0.3, 0.4) is 0 Å². The first-order chi connectivity index (χ1) is 13.4. The number of hydrogen-bond donors (Lipinski definition) is 1. The minimum Gasteiger partial charge on any atom is -0.469 e. The fraction of sp³-hybridized carbons (Fsp3) is 0.250. The van der Waals surface area contributed by atoms with Crippen LogP contribution < -0.4 is 10.9 Å². The number of carbonyl (C=O) groups excluding carboxylic acids is 1. The van der Waals surface area contributed by atoms with Crippen LogP contribution in [0.25, 0.3) is 5.69 Å². The molecule has 6 nitrogen and oxygen atoms in total. The number of thioether (sulfide) groups is 1. The standard InChI is InChI=1S/C20H20ClN3O3S/c1-13-5-6-15(12-17(13)21)24-19(25)8-7-18(23-24)28-14(2)20(26)22-10-9-16-4-3-11-27-16/h3-8,11-12,14H,9-10H2,1-2H3,(H,22,26). The molecular weight excluding hydrogens is 398 g/mol. The van der Waals surface area contributed by atoms with Crippen molar-refractivity contribution < 1.29 is 9.21 Å². The van der Waals surface area contributed by atoms with Gasteiger partial charge in [0.25, 0.3) is 5.56 Å². The van der Waals surface area contributed by atoms with Crippen LogP contribution >= 0.6 is 23.4 Å². The lowest BCUT2D eigenvalue weighted by molar-refractivity contribution is -0.120. The first-order valence-corrected chi connectivity index (χ1v) is 10.0. The number of halogens is 1. The summed E-state index contributed by atoms with van der Waals surface area (Å²) < 4.78 is 6.53. The number of nitrogens with one attached hydrogen (secondary N) is 1. The molecule has 28 heavy (non-hydrogen) atoms. The van der Waals surface area contributed by atoms with Crippen molar-refractivity contribution in [1.82, 2.24) is 15.1 Å². The topological polar surface area (TPSA) is 77.1 Å². The lowest BCUT2D eigenvalue weighted by atomic mass is 10.2. The van der Waals surface area contributed by atoms with Crippen LogP contribution in [0, 0.1) is 6.92 Å². The Morgan fingerprint density at radius 3 is 2.86 bits per heavy atom. The number of carbonyl (C=O) groups is 1. The molecule has 2 aromatic heterocycles. The molecular formula is C20H20ClN3O3S. The summed E-state index contributed by atoms with van der Waals surface area (Å²) in [7, 11) is 0. The molecule has 8 heteroatoms. The van der Waals surface area contributed by atoms with Gasteiger partial charge < -0.3 is 9.73 Å². The zero-order valence-electron chi connectivity index (χ0n) is 15.5. The van der Waals surface area contributed by atoms with Gasteiger partial charge in [-0.05, 0) is 49.7 Å². The molecule has 0 aliphatic carbocycles. The van der Waals surface area contributed by atoms with E-state index in [0.29, 0.717) is 28.7 Å². The normalized spacial score (nSPS) is 12.0. The molecule has 0 saturated carbocycles. The third-order valence-electron chi connectivity index (χ3n) is 4.09. The van der Waals surface area contributed by atoms with Gasteiger partial charge in [0.05, 0.1) is 17.2 Å². The Balaban J connectivity index is 1.65. The van der Waals surface area contributed by atoms with Crippen LogP contribution in [-0.4, -0.2) is 27.5 Å². The van der Waals surface area contributed by atoms with Crippen molar-refractivity contribution in [2.24, 2.45) is 0 Å². The van der Waals surface area contributed by atoms with E-state index in [2.05, 4.69) is 10.4 Å². The third-order valence-corrected chi connectivity index (χ3v) is 5.53. The Hall–Kier alpha value is -2.51. The van der Waals surface area contributed by atoms with Crippen LogP contribution in [0.4, 0.5) is 0 Å². The summed E-state index contributed by atoms with van der Waals surface area (Å²) in [6.07, 6.45) is 2.24. The smallest absolute Gasteiger partial charge is 0.271 e. The second-order valence-electron chi connectivity index (χ2n) is 6.24. The SMILES string of the molecule is Cc1ccc(-n2nc(SC(C)C(=O)NCCc3ccco3)ccc2=O)cc1Cl. The number of benzene rings is 1. The van der Waals surface area contributed by atoms with E-state index in [1.54, 1.807) is 31.4 Å². The molecule has 3 aromatic rings. The molecule has 3 rings (SSSR count). The van der Waals surface area contributed by atoms with Crippen LogP contribution in [0.5, 0.6) is 0 Å². The molecule has 0 aliphatic heterocycles. The molecule has 2 heterocycles. The van der Waals surface area contributed by atoms with Gasteiger partial charge in [-0.25, -0.2) is 0 Å². The molecule has 0 bridgehead atoms. The summed E-state index contributed by atoms with van der Waals surface area (Å²) in [5.41, 5.74) is 1.24. The highest BCUT2D eigenvalue weighted by atomic mass is 35.5. The molecule has 0 spiro atoms. The molecule has 0 radical (unpaired) electrons. The largest absolute Gasteiger partial charge is 0.469 e. The van der Waals surface area contributed by atoms with Crippen molar-refractivity contribution in [3.8, 4) is 5.69 Å². The first kappa shape index (κ1) is 20.2. The maximum absolute atomic E-state index is 12.3. The van der Waals surface area contributed by atoms with Gasteiger partial charge >= 0.3 is 0 Å². The van der Waals surface area contributed by atoms with Crippen molar-refractivity contribution in [1.29, 1.82) is 0 Å². The minimum absolute atomic E-state index is 0.102. The van der Waals surface area contributed by atoms with Crippen molar-refractivity contribution in [3.63, 3.8) is 0 Å². The van der Waals surface area contributed by atoms with Crippen molar-refractivity contribution in [2.75, 3.05) is 6.54 Å². The number of aromatic nitrogens is 2. The van der Waals surface area contributed by atoms with E-state index in [0.717, 1.165) is 11.3 Å². The Kier molecular flexibility index (Phi) is 6.59. The van der Waals surface area contributed by atoms with Gasteiger partial charge in [-0.2, -0.15) is 9.78 Å². The third kappa shape index (κ3) is 5.05. The number of amides is 1. The molecule has 1 N–H and O–H groups in total. The van der Waals surface area contributed by atoms with Gasteiger partial charge in [-0.1, -0.05) is 29.4 Å². The zero-order chi connectivity index (χ0) is 20.1. The highest BCUT2D eigenvalue weighted by molar-refractivity contribution is 8.00. The molecule has 1 amide bonds. The van der Waals surface area contributed by atoms with Crippen molar-refractivity contribution >= 4 is 29.3 Å². The second kappa shape index (κ2) is 9.12. The summed E-state index contributed by atoms with van der Waals surface area (Å²) in [4.78, 5) is 24.5. The van der Waals surface area contributed by atoms with E-state index >= 15 is 0 Å². The van der Waals surface area contributed by atoms with E-state index in [1.165, 1.54) is 22.5 Å². The average Bonchev–Trinajstić information content (AvgIpc) is 3.19. The van der Waals surface area contributed by atoms with Crippen LogP contribution in [0.1, 0.15) is 18.2 Å². The number of nitrogens with zero attached hydrogens (tertiary/aromatic N) is 2. The Labute approximate surface area is 171 Å².